The predicted molar refractivity (Wildman–Crippen MR) is 49.0 cm³/mol. The number of likely N-dealkylation sites (tertiary alicyclic amines) is 1. The second-order valence-electron chi connectivity index (χ2n) is 3.35. The zero-order chi connectivity index (χ0) is 9.68. The molecule has 1 fully saturated rings. The number of carbonyl (C=O) groups is 1. The molecule has 0 saturated carbocycles. The van der Waals surface area contributed by atoms with E-state index in [1.54, 1.807) is 4.90 Å². The Bertz CT molecular complexity index is 173. The minimum Gasteiger partial charge on any atom is -0.338 e. The molecule has 0 aliphatic carbocycles. The minimum absolute atomic E-state index is 0.0805. The maximum Gasteiger partial charge on any atom is 0.317 e. The van der Waals surface area contributed by atoms with E-state index >= 15 is 0 Å². The van der Waals surface area contributed by atoms with Gasteiger partial charge in [0.15, 0.2) is 0 Å². The van der Waals surface area contributed by atoms with Crippen molar-refractivity contribution in [2.75, 3.05) is 19.7 Å². The van der Waals surface area contributed by atoms with Crippen LogP contribution in [-0.2, 0) is 5.11 Å². The molecule has 1 N–H and O–H groups in total. The van der Waals surface area contributed by atoms with Gasteiger partial charge in [-0.05, 0) is 26.2 Å². The van der Waals surface area contributed by atoms with E-state index in [0.29, 0.717) is 6.54 Å². The molecule has 1 radical (unpaired) electrons. The van der Waals surface area contributed by atoms with E-state index in [0.717, 1.165) is 25.8 Å². The molecule has 0 spiro atoms. The summed E-state index contributed by atoms with van der Waals surface area (Å²) >= 11 is 0. The van der Waals surface area contributed by atoms with Gasteiger partial charge in [-0.25, -0.2) is 9.90 Å². The first-order valence-corrected chi connectivity index (χ1v) is 4.92. The average molecular weight is 185 g/mol. The molecule has 0 aromatic heterocycles. The molecule has 2 amide bonds. The number of amides is 2. The van der Waals surface area contributed by atoms with Crippen LogP contribution in [0.5, 0.6) is 0 Å². The van der Waals surface area contributed by atoms with Crippen molar-refractivity contribution >= 4 is 6.03 Å². The summed E-state index contributed by atoms with van der Waals surface area (Å²) < 4.78 is 0. The zero-order valence-electron chi connectivity index (χ0n) is 8.08. The topological polar surface area (TPSA) is 52.2 Å². The van der Waals surface area contributed by atoms with Crippen molar-refractivity contribution < 1.29 is 9.90 Å². The van der Waals surface area contributed by atoms with Crippen molar-refractivity contribution in [3.05, 3.63) is 0 Å². The van der Waals surface area contributed by atoms with Crippen LogP contribution < -0.4 is 5.32 Å². The monoisotopic (exact) mass is 185 g/mol. The molecular weight excluding hydrogens is 168 g/mol. The van der Waals surface area contributed by atoms with Gasteiger partial charge in [-0.15, -0.1) is 0 Å². The van der Waals surface area contributed by atoms with E-state index in [4.69, 9.17) is 0 Å². The highest BCUT2D eigenvalue weighted by atomic mass is 16.3. The third-order valence-corrected chi connectivity index (χ3v) is 2.41. The van der Waals surface area contributed by atoms with Crippen molar-refractivity contribution in [1.29, 1.82) is 0 Å². The molecule has 75 valence electrons. The quantitative estimate of drug-likeness (QED) is 0.685. The van der Waals surface area contributed by atoms with Gasteiger partial charge in [0.25, 0.3) is 0 Å². The fraction of sp³-hybridized carbons (Fsp3) is 0.889. The number of rotatable bonds is 2. The number of nitrogens with one attached hydrogen (secondary N) is 1. The van der Waals surface area contributed by atoms with Gasteiger partial charge < -0.3 is 10.2 Å². The molecule has 0 bridgehead atoms. The third-order valence-electron chi connectivity index (χ3n) is 2.41. The Balaban J connectivity index is 2.48. The Hall–Kier alpha value is -0.770. The van der Waals surface area contributed by atoms with Gasteiger partial charge in [0, 0.05) is 13.1 Å². The van der Waals surface area contributed by atoms with E-state index in [9.17, 15) is 9.90 Å². The van der Waals surface area contributed by atoms with Crippen LogP contribution in [-0.4, -0.2) is 36.7 Å². The third kappa shape index (κ3) is 2.59. The normalized spacial score (nSPS) is 22.9. The zero-order valence-corrected chi connectivity index (χ0v) is 8.08. The van der Waals surface area contributed by atoms with Crippen LogP contribution in [0.1, 0.15) is 26.2 Å². The van der Waals surface area contributed by atoms with E-state index < -0.39 is 0 Å². The lowest BCUT2D eigenvalue weighted by Gasteiger charge is -2.33. The van der Waals surface area contributed by atoms with Gasteiger partial charge in [0.1, 0.15) is 6.61 Å². The second-order valence-corrected chi connectivity index (χ2v) is 3.35. The largest absolute Gasteiger partial charge is 0.338 e. The Morgan fingerprint density at radius 2 is 2.31 bits per heavy atom. The van der Waals surface area contributed by atoms with E-state index in [1.165, 1.54) is 0 Å². The second kappa shape index (κ2) is 5.07. The fourth-order valence-electron chi connectivity index (χ4n) is 1.69. The first kappa shape index (κ1) is 10.3. The molecule has 0 aromatic carbocycles. The average Bonchev–Trinajstić information content (AvgIpc) is 2.18. The number of piperidine rings is 1. The molecule has 4 nitrogen and oxygen atoms in total. The number of hydrogen-bond acceptors (Lipinski definition) is 1. The lowest BCUT2D eigenvalue weighted by atomic mass is 10.0. The molecule has 0 aromatic rings. The number of urea groups is 1. The van der Waals surface area contributed by atoms with Crippen molar-refractivity contribution in [3.63, 3.8) is 0 Å². The van der Waals surface area contributed by atoms with Crippen molar-refractivity contribution in [2.24, 2.45) is 0 Å². The Morgan fingerprint density at radius 1 is 1.54 bits per heavy atom. The molecule has 1 unspecified atom stereocenters. The first-order valence-electron chi connectivity index (χ1n) is 4.92. The molecule has 4 heteroatoms. The summed E-state index contributed by atoms with van der Waals surface area (Å²) in [5.74, 6) is 0. The maximum atomic E-state index is 11.4. The summed E-state index contributed by atoms with van der Waals surface area (Å²) in [5, 5.41) is 13.5. The van der Waals surface area contributed by atoms with Crippen LogP contribution in [0, 0.1) is 0 Å². The summed E-state index contributed by atoms with van der Waals surface area (Å²) in [6, 6.07) is -0.164. The van der Waals surface area contributed by atoms with E-state index in [-0.39, 0.29) is 18.7 Å². The summed E-state index contributed by atoms with van der Waals surface area (Å²) in [5.41, 5.74) is 0. The molecule has 1 atom stereocenters. The summed E-state index contributed by atoms with van der Waals surface area (Å²) in [7, 11) is 0. The van der Waals surface area contributed by atoms with Gasteiger partial charge in [0.2, 0.25) is 0 Å². The van der Waals surface area contributed by atoms with Crippen LogP contribution in [0.3, 0.4) is 0 Å². The number of carbonyl (C=O) groups excluding carboxylic acids is 1. The summed E-state index contributed by atoms with van der Waals surface area (Å²) in [6.45, 7) is 3.07. The molecule has 1 rings (SSSR count). The van der Waals surface area contributed by atoms with Crippen LogP contribution in [0.2, 0.25) is 0 Å². The first-order chi connectivity index (χ1) is 6.29. The lowest BCUT2D eigenvalue weighted by molar-refractivity contribution is 0.0754. The van der Waals surface area contributed by atoms with Crippen LogP contribution in [0.25, 0.3) is 0 Å². The van der Waals surface area contributed by atoms with E-state index in [1.807, 2.05) is 6.92 Å². The molecule has 1 aliphatic heterocycles. The molecule has 1 aliphatic rings. The highest BCUT2D eigenvalue weighted by molar-refractivity contribution is 5.74. The molecule has 13 heavy (non-hydrogen) atoms. The van der Waals surface area contributed by atoms with Gasteiger partial charge >= 0.3 is 6.03 Å². The van der Waals surface area contributed by atoms with Crippen molar-refractivity contribution in [3.8, 4) is 0 Å². The Kier molecular flexibility index (Phi) is 4.02. The Labute approximate surface area is 78.9 Å². The smallest absolute Gasteiger partial charge is 0.317 e. The van der Waals surface area contributed by atoms with Crippen molar-refractivity contribution in [2.45, 2.75) is 32.2 Å². The number of nitrogens with zero attached hydrogens (tertiary/aromatic N) is 1. The summed E-state index contributed by atoms with van der Waals surface area (Å²) in [6.07, 6.45) is 2.96. The van der Waals surface area contributed by atoms with E-state index in [2.05, 4.69) is 5.32 Å². The van der Waals surface area contributed by atoms with Crippen LogP contribution >= 0.6 is 0 Å². The minimum atomic E-state index is -0.170. The molecule has 1 saturated heterocycles. The van der Waals surface area contributed by atoms with Gasteiger partial charge in [-0.3, -0.25) is 0 Å². The molecular formula is C9H17N2O2. The van der Waals surface area contributed by atoms with Crippen LogP contribution in [0.4, 0.5) is 4.79 Å². The van der Waals surface area contributed by atoms with Gasteiger partial charge in [-0.1, -0.05) is 0 Å². The lowest BCUT2D eigenvalue weighted by Crippen LogP contribution is -2.49. The van der Waals surface area contributed by atoms with Gasteiger partial charge in [0.05, 0.1) is 6.04 Å². The van der Waals surface area contributed by atoms with Crippen molar-refractivity contribution in [1.82, 2.24) is 10.2 Å². The SMILES string of the molecule is CCNC(=O)N1CCCCC1C[O]. The fourth-order valence-corrected chi connectivity index (χ4v) is 1.69. The predicted octanol–water partition coefficient (Wildman–Crippen LogP) is 1.00. The molecule has 1 heterocycles. The van der Waals surface area contributed by atoms with Gasteiger partial charge in [-0.2, -0.15) is 0 Å². The highest BCUT2D eigenvalue weighted by Gasteiger charge is 2.25. The summed E-state index contributed by atoms with van der Waals surface area (Å²) in [4.78, 5) is 13.1. The standard InChI is InChI=1S/C9H17N2O2/c1-2-10-9(13)11-6-4-3-5-8(11)7-12/h8H,2-7H2,1H3,(H,10,13). The number of hydrogen-bond donors (Lipinski definition) is 1. The van der Waals surface area contributed by atoms with Crippen LogP contribution in [0.15, 0.2) is 0 Å². The maximum absolute atomic E-state index is 11.4. The highest BCUT2D eigenvalue weighted by Crippen LogP contribution is 2.16. The Morgan fingerprint density at radius 3 is 2.92 bits per heavy atom.